The zero-order valence-electron chi connectivity index (χ0n) is 7.17. The summed E-state index contributed by atoms with van der Waals surface area (Å²) in [5.74, 6) is 0.210. The highest BCUT2D eigenvalue weighted by molar-refractivity contribution is 6.43. The van der Waals surface area contributed by atoms with E-state index in [4.69, 9.17) is 33.0 Å². The Labute approximate surface area is 90.4 Å². The molecule has 6 heteroatoms. The van der Waals surface area contributed by atoms with Crippen LogP contribution >= 0.6 is 23.2 Å². The highest BCUT2D eigenvalue weighted by Gasteiger charge is 2.12. The lowest BCUT2D eigenvalue weighted by molar-refractivity contribution is 0.209. The maximum atomic E-state index is 10.4. The average molecular weight is 236 g/mol. The van der Waals surface area contributed by atoms with Crippen LogP contribution in [0.3, 0.4) is 0 Å². The molecular formula is C8H7Cl2NO3. The molecule has 1 rings (SSSR count). The molecule has 0 aliphatic carbocycles. The van der Waals surface area contributed by atoms with Crippen LogP contribution in [-0.4, -0.2) is 18.3 Å². The maximum absolute atomic E-state index is 10.4. The number of carbonyl (C=O) groups is 1. The van der Waals surface area contributed by atoms with Gasteiger partial charge in [0.25, 0.3) is 0 Å². The van der Waals surface area contributed by atoms with E-state index in [0.29, 0.717) is 5.02 Å². The summed E-state index contributed by atoms with van der Waals surface area (Å²) in [5.41, 5.74) is 0.259. The molecule has 0 aliphatic heterocycles. The highest BCUT2D eigenvalue weighted by atomic mass is 35.5. The van der Waals surface area contributed by atoms with E-state index in [9.17, 15) is 4.79 Å². The maximum Gasteiger partial charge on any atom is 0.409 e. The third-order valence-corrected chi connectivity index (χ3v) is 2.28. The summed E-state index contributed by atoms with van der Waals surface area (Å²) in [7, 11) is 1.38. The fourth-order valence-electron chi connectivity index (χ4n) is 0.945. The largest absolute Gasteiger partial charge is 0.493 e. The summed E-state index contributed by atoms with van der Waals surface area (Å²) in [6, 6.07) is 2.96. The monoisotopic (exact) mass is 235 g/mol. The number of anilines is 1. The van der Waals surface area contributed by atoms with E-state index in [1.54, 1.807) is 0 Å². The van der Waals surface area contributed by atoms with Gasteiger partial charge in [-0.25, -0.2) is 4.79 Å². The molecule has 0 aromatic heterocycles. The first-order chi connectivity index (χ1) is 6.56. The van der Waals surface area contributed by atoms with Crippen molar-refractivity contribution >= 4 is 35.0 Å². The van der Waals surface area contributed by atoms with Gasteiger partial charge in [-0.3, -0.25) is 5.32 Å². The first-order valence-electron chi connectivity index (χ1n) is 3.58. The van der Waals surface area contributed by atoms with E-state index in [1.165, 1.54) is 19.2 Å². The Balaban J connectivity index is 3.17. The number of nitrogens with one attached hydrogen (secondary N) is 1. The van der Waals surface area contributed by atoms with Crippen molar-refractivity contribution < 1.29 is 14.6 Å². The molecule has 0 saturated carbocycles. The summed E-state index contributed by atoms with van der Waals surface area (Å²) in [6.07, 6.45) is -1.19. The van der Waals surface area contributed by atoms with Gasteiger partial charge >= 0.3 is 6.09 Å². The highest BCUT2D eigenvalue weighted by Crippen LogP contribution is 2.37. The second kappa shape index (κ2) is 4.39. The molecule has 0 atom stereocenters. The Kier molecular flexibility index (Phi) is 3.43. The van der Waals surface area contributed by atoms with Crippen molar-refractivity contribution in [1.82, 2.24) is 0 Å². The number of rotatable bonds is 2. The first kappa shape index (κ1) is 10.9. The first-order valence-corrected chi connectivity index (χ1v) is 4.33. The molecule has 0 heterocycles. The normalized spacial score (nSPS) is 9.64. The molecule has 1 aromatic carbocycles. The number of methoxy groups -OCH3 is 1. The molecule has 0 bridgehead atoms. The Morgan fingerprint density at radius 1 is 1.50 bits per heavy atom. The number of benzene rings is 1. The van der Waals surface area contributed by atoms with Gasteiger partial charge in [0, 0.05) is 0 Å². The molecule has 0 unspecified atom stereocenters. The number of ether oxygens (including phenoxy) is 1. The smallest absolute Gasteiger partial charge is 0.409 e. The lowest BCUT2D eigenvalue weighted by atomic mass is 10.3. The number of hydrogen-bond donors (Lipinski definition) is 2. The quantitative estimate of drug-likeness (QED) is 0.829. The lowest BCUT2D eigenvalue weighted by Gasteiger charge is -2.10. The van der Waals surface area contributed by atoms with Gasteiger partial charge in [-0.2, -0.15) is 0 Å². The fraction of sp³-hybridized carbons (Fsp3) is 0.125. The fourth-order valence-corrected chi connectivity index (χ4v) is 1.34. The molecule has 1 amide bonds. The summed E-state index contributed by atoms with van der Waals surface area (Å²) >= 11 is 11.5. The van der Waals surface area contributed by atoms with Crippen molar-refractivity contribution in [3.05, 3.63) is 22.2 Å². The number of hydrogen-bond acceptors (Lipinski definition) is 2. The van der Waals surface area contributed by atoms with Crippen molar-refractivity contribution in [3.8, 4) is 5.75 Å². The van der Waals surface area contributed by atoms with E-state index in [2.05, 4.69) is 5.32 Å². The van der Waals surface area contributed by atoms with Gasteiger partial charge in [-0.05, 0) is 12.1 Å². The standard InChI is InChI=1S/C8H7Cl2NO3/c1-14-7-5(11-8(12)13)3-2-4(9)6(7)10/h2-3,11H,1H3,(H,12,13). The van der Waals surface area contributed by atoms with Crippen molar-refractivity contribution in [2.24, 2.45) is 0 Å². The van der Waals surface area contributed by atoms with Crippen LogP contribution in [0.4, 0.5) is 10.5 Å². The van der Waals surface area contributed by atoms with Crippen LogP contribution in [0.15, 0.2) is 12.1 Å². The molecule has 0 fully saturated rings. The van der Waals surface area contributed by atoms with E-state index in [-0.39, 0.29) is 16.5 Å². The molecule has 76 valence electrons. The minimum atomic E-state index is -1.19. The molecule has 1 aromatic rings. The van der Waals surface area contributed by atoms with Crippen LogP contribution in [0.2, 0.25) is 10.0 Å². The van der Waals surface area contributed by atoms with Gasteiger partial charge in [0.15, 0.2) is 5.75 Å². The number of halogens is 2. The molecule has 0 spiro atoms. The predicted octanol–water partition coefficient (Wildman–Crippen LogP) is 3.09. The third kappa shape index (κ3) is 2.21. The average Bonchev–Trinajstić information content (AvgIpc) is 2.11. The van der Waals surface area contributed by atoms with Crippen LogP contribution in [0.25, 0.3) is 0 Å². The second-order valence-corrected chi connectivity index (χ2v) is 3.16. The Bertz CT molecular complexity index is 368. The predicted molar refractivity (Wildman–Crippen MR) is 54.7 cm³/mol. The molecule has 2 N–H and O–H groups in total. The summed E-state index contributed by atoms with van der Waals surface area (Å²) < 4.78 is 4.92. The van der Waals surface area contributed by atoms with Crippen molar-refractivity contribution in [1.29, 1.82) is 0 Å². The van der Waals surface area contributed by atoms with E-state index < -0.39 is 6.09 Å². The van der Waals surface area contributed by atoms with Crippen molar-refractivity contribution in [3.63, 3.8) is 0 Å². The number of amides is 1. The van der Waals surface area contributed by atoms with Crippen LogP contribution in [0.5, 0.6) is 5.75 Å². The SMILES string of the molecule is COc1c(NC(=O)O)ccc(Cl)c1Cl. The summed E-state index contributed by atoms with van der Waals surface area (Å²) in [4.78, 5) is 10.4. The van der Waals surface area contributed by atoms with Gasteiger partial charge < -0.3 is 9.84 Å². The molecule has 4 nitrogen and oxygen atoms in total. The van der Waals surface area contributed by atoms with Crippen molar-refractivity contribution in [2.75, 3.05) is 12.4 Å². The van der Waals surface area contributed by atoms with Gasteiger partial charge in [0.2, 0.25) is 0 Å². The van der Waals surface area contributed by atoms with E-state index in [1.807, 2.05) is 0 Å². The van der Waals surface area contributed by atoms with Gasteiger partial charge in [0.1, 0.15) is 5.02 Å². The molecular weight excluding hydrogens is 229 g/mol. The molecule has 14 heavy (non-hydrogen) atoms. The molecule has 0 radical (unpaired) electrons. The lowest BCUT2D eigenvalue weighted by Crippen LogP contribution is -2.08. The topological polar surface area (TPSA) is 58.6 Å². The van der Waals surface area contributed by atoms with Crippen LogP contribution < -0.4 is 10.1 Å². The zero-order chi connectivity index (χ0) is 10.7. The van der Waals surface area contributed by atoms with Gasteiger partial charge in [-0.15, -0.1) is 0 Å². The Hall–Kier alpha value is -1.13. The third-order valence-electron chi connectivity index (χ3n) is 1.50. The minimum Gasteiger partial charge on any atom is -0.493 e. The van der Waals surface area contributed by atoms with Crippen LogP contribution in [0, 0.1) is 0 Å². The Morgan fingerprint density at radius 3 is 2.64 bits per heavy atom. The molecule has 0 aliphatic rings. The molecule has 0 saturated heterocycles. The van der Waals surface area contributed by atoms with Gasteiger partial charge in [-0.1, -0.05) is 23.2 Å². The minimum absolute atomic E-state index is 0.181. The zero-order valence-corrected chi connectivity index (χ0v) is 8.69. The van der Waals surface area contributed by atoms with Crippen molar-refractivity contribution in [2.45, 2.75) is 0 Å². The van der Waals surface area contributed by atoms with E-state index in [0.717, 1.165) is 0 Å². The number of carboxylic acid groups (broad SMARTS) is 1. The Morgan fingerprint density at radius 2 is 2.14 bits per heavy atom. The van der Waals surface area contributed by atoms with Gasteiger partial charge in [0.05, 0.1) is 17.8 Å². The van der Waals surface area contributed by atoms with Crippen LogP contribution in [-0.2, 0) is 0 Å². The van der Waals surface area contributed by atoms with Crippen LogP contribution in [0.1, 0.15) is 0 Å². The summed E-state index contributed by atoms with van der Waals surface area (Å²) in [5, 5.41) is 11.1. The van der Waals surface area contributed by atoms with E-state index >= 15 is 0 Å². The second-order valence-electron chi connectivity index (χ2n) is 2.37. The summed E-state index contributed by atoms with van der Waals surface area (Å²) in [6.45, 7) is 0.